The predicted octanol–water partition coefficient (Wildman–Crippen LogP) is 7.76. The van der Waals surface area contributed by atoms with E-state index in [1.54, 1.807) is 6.92 Å². The van der Waals surface area contributed by atoms with E-state index in [0.29, 0.717) is 44.5 Å². The maximum Gasteiger partial charge on any atom is 0.309 e. The van der Waals surface area contributed by atoms with Crippen LogP contribution in [0.3, 0.4) is 0 Å². The van der Waals surface area contributed by atoms with Gasteiger partial charge in [-0.1, -0.05) is 84.5 Å². The molecule has 0 aliphatic carbocycles. The van der Waals surface area contributed by atoms with Crippen LogP contribution in [-0.4, -0.2) is 24.1 Å². The first-order chi connectivity index (χ1) is 15.0. The van der Waals surface area contributed by atoms with Gasteiger partial charge in [0, 0.05) is 25.7 Å². The molecule has 0 radical (unpaired) electrons. The average Bonchev–Trinajstić information content (AvgIpc) is 2.75. The van der Waals surface area contributed by atoms with Crippen molar-refractivity contribution in [3.63, 3.8) is 0 Å². The van der Waals surface area contributed by atoms with Crippen LogP contribution in [0.2, 0.25) is 0 Å². The summed E-state index contributed by atoms with van der Waals surface area (Å²) in [6, 6.07) is 0. The molecule has 0 aromatic carbocycles. The van der Waals surface area contributed by atoms with Crippen molar-refractivity contribution in [1.82, 2.24) is 0 Å². The van der Waals surface area contributed by atoms with Crippen LogP contribution in [0.25, 0.3) is 0 Å². The molecule has 0 saturated heterocycles. The average molecular weight is 439 g/mol. The molecular formula is C27H50O4. The monoisotopic (exact) mass is 438 g/mol. The first-order valence-electron chi connectivity index (χ1n) is 13.2. The largest absolute Gasteiger partial charge is 0.466 e. The minimum absolute atomic E-state index is 0.180. The third kappa shape index (κ3) is 19.2. The molecule has 4 heteroatoms. The number of hydrogen-bond donors (Lipinski definition) is 0. The van der Waals surface area contributed by atoms with Gasteiger partial charge in [-0.25, -0.2) is 0 Å². The number of carbonyl (C=O) groups is 3. The molecule has 0 amide bonds. The molecule has 182 valence electrons. The molecule has 0 aliphatic rings. The maximum atomic E-state index is 12.2. The summed E-state index contributed by atoms with van der Waals surface area (Å²) in [5.74, 6) is -0.00163. The number of ketones is 2. The lowest BCUT2D eigenvalue weighted by Crippen LogP contribution is -2.21. The smallest absolute Gasteiger partial charge is 0.309 e. The van der Waals surface area contributed by atoms with E-state index >= 15 is 0 Å². The van der Waals surface area contributed by atoms with Crippen molar-refractivity contribution in [2.75, 3.05) is 6.61 Å². The molecule has 0 spiro atoms. The number of ether oxygens (including phenoxy) is 1. The van der Waals surface area contributed by atoms with Crippen LogP contribution in [0, 0.1) is 5.92 Å². The van der Waals surface area contributed by atoms with E-state index in [0.717, 1.165) is 51.4 Å². The van der Waals surface area contributed by atoms with Gasteiger partial charge in [0.15, 0.2) is 0 Å². The van der Waals surface area contributed by atoms with Crippen molar-refractivity contribution >= 4 is 17.5 Å². The van der Waals surface area contributed by atoms with Crippen LogP contribution in [0.15, 0.2) is 0 Å². The van der Waals surface area contributed by atoms with E-state index in [1.165, 1.54) is 38.5 Å². The first kappa shape index (κ1) is 29.8. The number of esters is 1. The van der Waals surface area contributed by atoms with Gasteiger partial charge >= 0.3 is 5.97 Å². The zero-order valence-electron chi connectivity index (χ0n) is 20.9. The Labute approximate surface area is 192 Å². The van der Waals surface area contributed by atoms with E-state index in [9.17, 15) is 14.4 Å². The van der Waals surface area contributed by atoms with Gasteiger partial charge < -0.3 is 4.74 Å². The Morgan fingerprint density at radius 3 is 1.58 bits per heavy atom. The summed E-state index contributed by atoms with van der Waals surface area (Å²) >= 11 is 0. The summed E-state index contributed by atoms with van der Waals surface area (Å²) < 4.78 is 5.18. The fourth-order valence-corrected chi connectivity index (χ4v) is 3.98. The highest BCUT2D eigenvalue weighted by molar-refractivity contribution is 5.84. The zero-order chi connectivity index (χ0) is 23.2. The van der Waals surface area contributed by atoms with Gasteiger partial charge in [0.2, 0.25) is 0 Å². The predicted molar refractivity (Wildman–Crippen MR) is 129 cm³/mol. The third-order valence-electron chi connectivity index (χ3n) is 5.97. The molecule has 0 N–H and O–H groups in total. The molecule has 0 saturated carbocycles. The van der Waals surface area contributed by atoms with Crippen molar-refractivity contribution in [2.45, 2.75) is 143 Å². The van der Waals surface area contributed by atoms with Gasteiger partial charge in [-0.05, 0) is 32.6 Å². The molecule has 0 aromatic heterocycles. The second-order valence-electron chi connectivity index (χ2n) is 9.01. The van der Waals surface area contributed by atoms with Crippen molar-refractivity contribution in [3.8, 4) is 0 Å². The highest BCUT2D eigenvalue weighted by Crippen LogP contribution is 2.19. The molecule has 0 unspecified atom stereocenters. The summed E-state index contributed by atoms with van der Waals surface area (Å²) in [5, 5.41) is 0. The van der Waals surface area contributed by atoms with Crippen molar-refractivity contribution in [2.24, 2.45) is 5.92 Å². The topological polar surface area (TPSA) is 60.4 Å². The Kier molecular flexibility index (Phi) is 21.2. The van der Waals surface area contributed by atoms with Gasteiger partial charge in [-0.15, -0.1) is 0 Å². The van der Waals surface area contributed by atoms with E-state index in [-0.39, 0.29) is 17.7 Å². The summed E-state index contributed by atoms with van der Waals surface area (Å²) in [4.78, 5) is 36.5. The van der Waals surface area contributed by atoms with Crippen LogP contribution in [-0.2, 0) is 19.1 Å². The molecule has 0 aromatic rings. The first-order valence-corrected chi connectivity index (χ1v) is 13.2. The van der Waals surface area contributed by atoms with Crippen LogP contribution in [0.5, 0.6) is 0 Å². The SMILES string of the molecule is CCCCCCCCCC(=O)CCCCC[C@H](CC(=O)CCCCCC)C(=O)OCC. The van der Waals surface area contributed by atoms with Gasteiger partial charge in [0.25, 0.3) is 0 Å². The lowest BCUT2D eigenvalue weighted by Gasteiger charge is -2.15. The molecule has 0 heterocycles. The minimum atomic E-state index is -0.318. The Morgan fingerprint density at radius 2 is 1.03 bits per heavy atom. The van der Waals surface area contributed by atoms with Crippen LogP contribution in [0.1, 0.15) is 143 Å². The zero-order valence-corrected chi connectivity index (χ0v) is 20.9. The minimum Gasteiger partial charge on any atom is -0.466 e. The molecule has 0 fully saturated rings. The van der Waals surface area contributed by atoms with E-state index in [1.807, 2.05) is 0 Å². The van der Waals surface area contributed by atoms with E-state index in [4.69, 9.17) is 4.74 Å². The normalized spacial score (nSPS) is 12.0. The second kappa shape index (κ2) is 22.0. The summed E-state index contributed by atoms with van der Waals surface area (Å²) in [6.45, 7) is 6.54. The van der Waals surface area contributed by atoms with Crippen molar-refractivity contribution < 1.29 is 19.1 Å². The van der Waals surface area contributed by atoms with Gasteiger partial charge in [0.1, 0.15) is 11.6 Å². The number of Topliss-reactive ketones (excluding diaryl/α,β-unsaturated/α-hetero) is 2. The molecule has 0 aliphatic heterocycles. The Balaban J connectivity index is 3.96. The third-order valence-corrected chi connectivity index (χ3v) is 5.97. The van der Waals surface area contributed by atoms with Gasteiger partial charge in [0.05, 0.1) is 12.5 Å². The summed E-state index contributed by atoms with van der Waals surface area (Å²) in [7, 11) is 0. The van der Waals surface area contributed by atoms with E-state index < -0.39 is 0 Å². The summed E-state index contributed by atoms with van der Waals surface area (Å²) in [5.41, 5.74) is 0. The van der Waals surface area contributed by atoms with Crippen molar-refractivity contribution in [1.29, 1.82) is 0 Å². The highest BCUT2D eigenvalue weighted by Gasteiger charge is 2.22. The molecule has 4 nitrogen and oxygen atoms in total. The molecule has 1 atom stereocenters. The number of hydrogen-bond acceptors (Lipinski definition) is 4. The lowest BCUT2D eigenvalue weighted by molar-refractivity contribution is -0.150. The number of carbonyl (C=O) groups excluding carboxylic acids is 3. The fraction of sp³-hybridized carbons (Fsp3) is 0.889. The molecule has 0 bridgehead atoms. The van der Waals surface area contributed by atoms with Crippen LogP contribution in [0.4, 0.5) is 0 Å². The van der Waals surface area contributed by atoms with Crippen LogP contribution < -0.4 is 0 Å². The van der Waals surface area contributed by atoms with Gasteiger partial charge in [-0.2, -0.15) is 0 Å². The maximum absolute atomic E-state index is 12.2. The number of rotatable bonds is 23. The fourth-order valence-electron chi connectivity index (χ4n) is 3.98. The highest BCUT2D eigenvalue weighted by atomic mass is 16.5. The lowest BCUT2D eigenvalue weighted by atomic mass is 9.93. The van der Waals surface area contributed by atoms with Gasteiger partial charge in [-0.3, -0.25) is 14.4 Å². The van der Waals surface area contributed by atoms with E-state index in [2.05, 4.69) is 13.8 Å². The van der Waals surface area contributed by atoms with Crippen molar-refractivity contribution in [3.05, 3.63) is 0 Å². The molecule has 31 heavy (non-hydrogen) atoms. The molecule has 0 rings (SSSR count). The Bertz CT molecular complexity index is 458. The summed E-state index contributed by atoms with van der Waals surface area (Å²) in [6.07, 6.45) is 18.6. The molecular weight excluding hydrogens is 388 g/mol. The second-order valence-corrected chi connectivity index (χ2v) is 9.01. The Morgan fingerprint density at radius 1 is 0.581 bits per heavy atom. The standard InChI is InChI=1S/C27H50O4/c1-4-7-9-11-12-13-17-20-25(28)21-18-14-15-19-24(27(30)31-6-3)23-26(29)22-16-10-8-5-2/h24H,4-23H2,1-3H3/t24-/m1/s1. The Hall–Kier alpha value is -1.19. The van der Waals surface area contributed by atoms with Crippen LogP contribution >= 0.6 is 0 Å². The quantitative estimate of drug-likeness (QED) is 0.121. The number of unbranched alkanes of at least 4 members (excludes halogenated alkanes) is 11.